The van der Waals surface area contributed by atoms with Gasteiger partial charge in [-0.25, -0.2) is 18.4 Å². The number of benzene rings is 2. The minimum Gasteiger partial charge on any atom is -0.497 e. The smallest absolute Gasteiger partial charge is 0.342 e. The molecule has 0 saturated heterocycles. The van der Waals surface area contributed by atoms with E-state index in [1.54, 1.807) is 12.1 Å². The molecule has 0 heterocycles. The van der Waals surface area contributed by atoms with Crippen LogP contribution in [0.2, 0.25) is 0 Å². The number of esters is 1. The van der Waals surface area contributed by atoms with Crippen molar-refractivity contribution in [3.63, 3.8) is 0 Å². The predicted molar refractivity (Wildman–Crippen MR) is 92.0 cm³/mol. The summed E-state index contributed by atoms with van der Waals surface area (Å²) in [5.41, 5.74) is 0.186. The molecule has 0 spiro atoms. The molecule has 9 heteroatoms. The molecule has 0 fully saturated rings. The Bertz CT molecular complexity index is 921. The maximum Gasteiger partial charge on any atom is 0.342 e. The summed E-state index contributed by atoms with van der Waals surface area (Å²) in [5, 5.41) is 5.05. The van der Waals surface area contributed by atoms with Crippen LogP contribution in [0.1, 0.15) is 20.7 Å². The highest BCUT2D eigenvalue weighted by molar-refractivity contribution is 7.89. The van der Waals surface area contributed by atoms with Gasteiger partial charge >= 0.3 is 5.97 Å². The third-order valence-corrected chi connectivity index (χ3v) is 4.38. The molecule has 2 aromatic carbocycles. The molecular weight excluding hydrogens is 362 g/mol. The van der Waals surface area contributed by atoms with Gasteiger partial charge in [-0.1, -0.05) is 0 Å². The second-order valence-electron chi connectivity index (χ2n) is 5.13. The second kappa shape index (κ2) is 7.98. The van der Waals surface area contributed by atoms with E-state index < -0.39 is 28.4 Å². The largest absolute Gasteiger partial charge is 0.497 e. The van der Waals surface area contributed by atoms with Crippen molar-refractivity contribution in [3.8, 4) is 11.5 Å². The third-order valence-electron chi connectivity index (χ3n) is 3.47. The molecule has 0 aliphatic rings. The van der Waals surface area contributed by atoms with Gasteiger partial charge in [0.25, 0.3) is 0 Å². The Morgan fingerprint density at radius 1 is 1.00 bits per heavy atom. The van der Waals surface area contributed by atoms with Crippen molar-refractivity contribution >= 4 is 21.8 Å². The monoisotopic (exact) mass is 379 g/mol. The lowest BCUT2D eigenvalue weighted by Gasteiger charge is -2.10. The van der Waals surface area contributed by atoms with E-state index in [-0.39, 0.29) is 16.2 Å². The molecule has 0 unspecified atom stereocenters. The fourth-order valence-electron chi connectivity index (χ4n) is 2.09. The maximum atomic E-state index is 12.2. The summed E-state index contributed by atoms with van der Waals surface area (Å²) in [6, 6.07) is 9.80. The van der Waals surface area contributed by atoms with Crippen molar-refractivity contribution in [3.05, 3.63) is 53.6 Å². The average molecular weight is 379 g/mol. The van der Waals surface area contributed by atoms with Gasteiger partial charge in [-0.05, 0) is 42.5 Å². The summed E-state index contributed by atoms with van der Waals surface area (Å²) in [6.45, 7) is -0.520. The molecule has 0 amide bonds. The zero-order valence-electron chi connectivity index (χ0n) is 14.1. The molecule has 138 valence electrons. The van der Waals surface area contributed by atoms with Crippen LogP contribution in [0.3, 0.4) is 0 Å². The molecule has 26 heavy (non-hydrogen) atoms. The molecule has 2 N–H and O–H groups in total. The maximum absolute atomic E-state index is 12.2. The lowest BCUT2D eigenvalue weighted by atomic mass is 10.1. The number of primary sulfonamides is 1. The summed E-state index contributed by atoms with van der Waals surface area (Å²) in [6.07, 6.45) is 0. The first-order valence-corrected chi connectivity index (χ1v) is 8.86. The van der Waals surface area contributed by atoms with Crippen molar-refractivity contribution in [2.45, 2.75) is 4.90 Å². The predicted octanol–water partition coefficient (Wildman–Crippen LogP) is 1.39. The SMILES string of the molecule is COc1ccc(C(=O)COC(=O)c2cc(S(N)(=O)=O)ccc2OC)cc1. The van der Waals surface area contributed by atoms with Gasteiger partial charge in [0.1, 0.15) is 17.1 Å². The summed E-state index contributed by atoms with van der Waals surface area (Å²) in [5.74, 6) is -0.654. The van der Waals surface area contributed by atoms with Crippen molar-refractivity contribution in [1.29, 1.82) is 0 Å². The van der Waals surface area contributed by atoms with Gasteiger partial charge in [0.15, 0.2) is 12.4 Å². The Morgan fingerprint density at radius 3 is 2.19 bits per heavy atom. The number of ether oxygens (including phenoxy) is 3. The molecule has 2 rings (SSSR count). The van der Waals surface area contributed by atoms with Gasteiger partial charge in [-0.3, -0.25) is 4.79 Å². The quantitative estimate of drug-likeness (QED) is 0.570. The minimum atomic E-state index is -4.01. The number of carbonyl (C=O) groups is 2. The normalized spacial score (nSPS) is 10.9. The Labute approximate surface area is 150 Å². The van der Waals surface area contributed by atoms with Gasteiger partial charge < -0.3 is 14.2 Å². The van der Waals surface area contributed by atoms with Crippen LogP contribution >= 0.6 is 0 Å². The Balaban J connectivity index is 2.15. The number of ketones is 1. The topological polar surface area (TPSA) is 122 Å². The number of rotatable bonds is 7. The van der Waals surface area contributed by atoms with E-state index in [4.69, 9.17) is 19.3 Å². The van der Waals surface area contributed by atoms with Gasteiger partial charge in [-0.2, -0.15) is 0 Å². The molecule has 8 nitrogen and oxygen atoms in total. The Hall–Kier alpha value is -2.91. The van der Waals surface area contributed by atoms with Gasteiger partial charge in [0.2, 0.25) is 10.0 Å². The van der Waals surface area contributed by atoms with Crippen LogP contribution in [-0.2, 0) is 14.8 Å². The number of carbonyl (C=O) groups excluding carboxylic acids is 2. The fourth-order valence-corrected chi connectivity index (χ4v) is 2.63. The van der Waals surface area contributed by atoms with Crippen LogP contribution in [0, 0.1) is 0 Å². The highest BCUT2D eigenvalue weighted by atomic mass is 32.2. The molecule has 0 radical (unpaired) electrons. The molecule has 0 saturated carbocycles. The number of nitrogens with two attached hydrogens (primary N) is 1. The Morgan fingerprint density at radius 2 is 1.65 bits per heavy atom. The zero-order chi connectivity index (χ0) is 19.3. The highest BCUT2D eigenvalue weighted by Gasteiger charge is 2.19. The van der Waals surface area contributed by atoms with Gasteiger partial charge in [0, 0.05) is 5.56 Å². The Kier molecular flexibility index (Phi) is 5.96. The molecule has 0 aromatic heterocycles. The number of sulfonamides is 1. The summed E-state index contributed by atoms with van der Waals surface area (Å²) < 4.78 is 37.9. The van der Waals surface area contributed by atoms with E-state index in [1.165, 1.54) is 38.5 Å². The summed E-state index contributed by atoms with van der Waals surface area (Å²) in [7, 11) is -1.19. The van der Waals surface area contributed by atoms with E-state index in [0.717, 1.165) is 6.07 Å². The minimum absolute atomic E-state index is 0.0966. The molecule has 0 aliphatic carbocycles. The van der Waals surface area contributed by atoms with Crippen LogP contribution < -0.4 is 14.6 Å². The van der Waals surface area contributed by atoms with Crippen LogP contribution in [-0.4, -0.2) is 41.0 Å². The first kappa shape index (κ1) is 19.4. The number of hydrogen-bond donors (Lipinski definition) is 1. The number of Topliss-reactive ketones (excluding diaryl/α,β-unsaturated/α-hetero) is 1. The summed E-state index contributed by atoms with van der Waals surface area (Å²) in [4.78, 5) is 24.1. The summed E-state index contributed by atoms with van der Waals surface area (Å²) >= 11 is 0. The van der Waals surface area contributed by atoms with Crippen molar-refractivity contribution in [2.24, 2.45) is 5.14 Å². The van der Waals surface area contributed by atoms with Crippen molar-refractivity contribution < 1.29 is 32.2 Å². The molecule has 0 bridgehead atoms. The fraction of sp³-hybridized carbons (Fsp3) is 0.176. The first-order chi connectivity index (χ1) is 12.3. The molecular formula is C17H17NO7S. The molecule has 0 aliphatic heterocycles. The lowest BCUT2D eigenvalue weighted by molar-refractivity contribution is 0.0471. The standard InChI is InChI=1S/C17H17NO7S/c1-23-12-5-3-11(4-6-12)15(19)10-25-17(20)14-9-13(26(18,21)22)7-8-16(14)24-2/h3-9H,10H2,1-2H3,(H2,18,21,22). The van der Waals surface area contributed by atoms with Crippen LogP contribution in [0.25, 0.3) is 0 Å². The van der Waals surface area contributed by atoms with E-state index in [0.29, 0.717) is 11.3 Å². The average Bonchev–Trinajstić information content (AvgIpc) is 2.64. The second-order valence-corrected chi connectivity index (χ2v) is 6.70. The van der Waals surface area contributed by atoms with E-state index in [1.807, 2.05) is 0 Å². The third kappa shape index (κ3) is 4.58. The van der Waals surface area contributed by atoms with Crippen molar-refractivity contribution in [1.82, 2.24) is 0 Å². The molecule has 2 aromatic rings. The van der Waals surface area contributed by atoms with E-state index in [2.05, 4.69) is 0 Å². The van der Waals surface area contributed by atoms with Crippen LogP contribution in [0.15, 0.2) is 47.4 Å². The molecule has 0 atom stereocenters. The number of methoxy groups -OCH3 is 2. The van der Waals surface area contributed by atoms with E-state index >= 15 is 0 Å². The highest BCUT2D eigenvalue weighted by Crippen LogP contribution is 2.23. The lowest BCUT2D eigenvalue weighted by Crippen LogP contribution is -2.17. The van der Waals surface area contributed by atoms with E-state index in [9.17, 15) is 18.0 Å². The number of hydrogen-bond acceptors (Lipinski definition) is 7. The van der Waals surface area contributed by atoms with Gasteiger partial charge in [0.05, 0.1) is 19.1 Å². The first-order valence-electron chi connectivity index (χ1n) is 7.31. The zero-order valence-corrected chi connectivity index (χ0v) is 14.9. The van der Waals surface area contributed by atoms with Crippen LogP contribution in [0.5, 0.6) is 11.5 Å². The van der Waals surface area contributed by atoms with Gasteiger partial charge in [-0.15, -0.1) is 0 Å². The van der Waals surface area contributed by atoms with Crippen LogP contribution in [0.4, 0.5) is 0 Å². The van der Waals surface area contributed by atoms with Crippen molar-refractivity contribution in [2.75, 3.05) is 20.8 Å².